The van der Waals surface area contributed by atoms with Crippen LogP contribution in [0.1, 0.15) is 58.8 Å². The van der Waals surface area contributed by atoms with Crippen molar-refractivity contribution in [1.29, 1.82) is 0 Å². The number of ketones is 1. The highest BCUT2D eigenvalue weighted by Gasteiger charge is 2.21. The molecule has 0 amide bonds. The third-order valence-electron chi connectivity index (χ3n) is 3.45. The molecule has 76 valence electrons. The normalized spacial score (nSPS) is 28.8. The Morgan fingerprint density at radius 3 is 2.08 bits per heavy atom. The summed E-state index contributed by atoms with van der Waals surface area (Å²) in [6.45, 7) is 4.25. The van der Waals surface area contributed by atoms with Crippen molar-refractivity contribution in [2.75, 3.05) is 0 Å². The van der Waals surface area contributed by atoms with Gasteiger partial charge in [-0.2, -0.15) is 0 Å². The molecule has 0 spiro atoms. The summed E-state index contributed by atoms with van der Waals surface area (Å²) in [4.78, 5) is 11.2. The average molecular weight is 182 g/mol. The minimum atomic E-state index is 0.458. The Labute approximate surface area is 81.9 Å². The molecule has 1 saturated carbocycles. The van der Waals surface area contributed by atoms with Crippen molar-refractivity contribution in [1.82, 2.24) is 0 Å². The summed E-state index contributed by atoms with van der Waals surface area (Å²) >= 11 is 0. The SMILES string of the molecule is CCC(=O)CC1CCC(CC)CC1. The number of rotatable bonds is 4. The number of carbonyl (C=O) groups is 1. The molecule has 1 heteroatoms. The molecule has 1 fully saturated rings. The lowest BCUT2D eigenvalue weighted by atomic mass is 9.79. The van der Waals surface area contributed by atoms with E-state index in [1.165, 1.54) is 32.1 Å². The number of hydrogen-bond acceptors (Lipinski definition) is 1. The summed E-state index contributed by atoms with van der Waals surface area (Å²) in [5.41, 5.74) is 0. The monoisotopic (exact) mass is 182 g/mol. The lowest BCUT2D eigenvalue weighted by molar-refractivity contribution is -0.119. The topological polar surface area (TPSA) is 17.1 Å². The number of hydrogen-bond donors (Lipinski definition) is 0. The largest absolute Gasteiger partial charge is 0.300 e. The first-order chi connectivity index (χ1) is 6.26. The molecule has 0 bridgehead atoms. The fraction of sp³-hybridized carbons (Fsp3) is 0.917. The van der Waals surface area contributed by atoms with Gasteiger partial charge in [-0.15, -0.1) is 0 Å². The fourth-order valence-corrected chi connectivity index (χ4v) is 2.31. The van der Waals surface area contributed by atoms with Crippen molar-refractivity contribution in [2.45, 2.75) is 58.8 Å². The van der Waals surface area contributed by atoms with E-state index in [0.29, 0.717) is 5.78 Å². The second-order valence-corrected chi connectivity index (χ2v) is 4.39. The van der Waals surface area contributed by atoms with Gasteiger partial charge in [0.15, 0.2) is 0 Å². The van der Waals surface area contributed by atoms with Crippen LogP contribution >= 0.6 is 0 Å². The zero-order valence-electron chi connectivity index (χ0n) is 9.01. The molecule has 0 aromatic carbocycles. The maximum absolute atomic E-state index is 11.2. The van der Waals surface area contributed by atoms with Crippen molar-refractivity contribution in [3.63, 3.8) is 0 Å². The van der Waals surface area contributed by atoms with E-state index in [1.54, 1.807) is 0 Å². The third kappa shape index (κ3) is 3.50. The lowest BCUT2D eigenvalue weighted by Crippen LogP contribution is -2.16. The van der Waals surface area contributed by atoms with Crippen molar-refractivity contribution in [3.05, 3.63) is 0 Å². The van der Waals surface area contributed by atoms with E-state index in [0.717, 1.165) is 24.7 Å². The zero-order chi connectivity index (χ0) is 9.68. The van der Waals surface area contributed by atoms with Crippen molar-refractivity contribution < 1.29 is 4.79 Å². The van der Waals surface area contributed by atoms with Crippen molar-refractivity contribution in [2.24, 2.45) is 11.8 Å². The molecule has 0 N–H and O–H groups in total. The molecule has 1 rings (SSSR count). The van der Waals surface area contributed by atoms with E-state index in [4.69, 9.17) is 0 Å². The molecule has 0 unspecified atom stereocenters. The van der Waals surface area contributed by atoms with E-state index in [2.05, 4.69) is 6.92 Å². The van der Waals surface area contributed by atoms with Gasteiger partial charge < -0.3 is 0 Å². The Bertz CT molecular complexity index is 155. The second kappa shape index (κ2) is 5.41. The fourth-order valence-electron chi connectivity index (χ4n) is 2.31. The van der Waals surface area contributed by atoms with E-state index < -0.39 is 0 Å². The highest BCUT2D eigenvalue weighted by Crippen LogP contribution is 2.32. The van der Waals surface area contributed by atoms with Gasteiger partial charge in [-0.25, -0.2) is 0 Å². The molecular weight excluding hydrogens is 160 g/mol. The molecule has 13 heavy (non-hydrogen) atoms. The molecule has 1 nitrogen and oxygen atoms in total. The molecule has 0 heterocycles. The first kappa shape index (κ1) is 10.7. The molecule has 0 radical (unpaired) electrons. The molecule has 1 aliphatic carbocycles. The molecule has 0 aliphatic heterocycles. The molecule has 0 aromatic rings. The van der Waals surface area contributed by atoms with Gasteiger partial charge in [-0.3, -0.25) is 4.79 Å². The summed E-state index contributed by atoms with van der Waals surface area (Å²) in [7, 11) is 0. The summed E-state index contributed by atoms with van der Waals surface area (Å²) in [5, 5.41) is 0. The van der Waals surface area contributed by atoms with E-state index in [9.17, 15) is 4.79 Å². The Balaban J connectivity index is 2.21. The summed E-state index contributed by atoms with van der Waals surface area (Å²) < 4.78 is 0. The van der Waals surface area contributed by atoms with Gasteiger partial charge in [0.2, 0.25) is 0 Å². The highest BCUT2D eigenvalue weighted by atomic mass is 16.1. The minimum absolute atomic E-state index is 0.458. The first-order valence-electron chi connectivity index (χ1n) is 5.77. The predicted molar refractivity (Wildman–Crippen MR) is 55.7 cm³/mol. The van der Waals surface area contributed by atoms with Gasteiger partial charge in [0, 0.05) is 12.8 Å². The maximum Gasteiger partial charge on any atom is 0.132 e. The standard InChI is InChI=1S/C12H22O/c1-3-10-5-7-11(8-6-10)9-12(13)4-2/h10-11H,3-9H2,1-2H3. The third-order valence-corrected chi connectivity index (χ3v) is 3.45. The lowest BCUT2D eigenvalue weighted by Gasteiger charge is -2.27. The highest BCUT2D eigenvalue weighted by molar-refractivity contribution is 5.78. The molecule has 0 atom stereocenters. The van der Waals surface area contributed by atoms with E-state index in [1.807, 2.05) is 6.92 Å². The van der Waals surface area contributed by atoms with Crippen molar-refractivity contribution in [3.8, 4) is 0 Å². The van der Waals surface area contributed by atoms with Crippen LogP contribution in [0.5, 0.6) is 0 Å². The van der Waals surface area contributed by atoms with Crippen LogP contribution in [-0.2, 0) is 4.79 Å². The smallest absolute Gasteiger partial charge is 0.132 e. The molecule has 0 saturated heterocycles. The van der Waals surface area contributed by atoms with Crippen LogP contribution in [0, 0.1) is 11.8 Å². The van der Waals surface area contributed by atoms with Crippen molar-refractivity contribution >= 4 is 5.78 Å². The Kier molecular flexibility index (Phi) is 4.47. The second-order valence-electron chi connectivity index (χ2n) is 4.39. The molecule has 1 aliphatic rings. The predicted octanol–water partition coefficient (Wildman–Crippen LogP) is 3.57. The average Bonchev–Trinajstić information content (AvgIpc) is 2.19. The minimum Gasteiger partial charge on any atom is -0.300 e. The van der Waals surface area contributed by atoms with Crippen LogP contribution < -0.4 is 0 Å². The van der Waals surface area contributed by atoms with Crippen LogP contribution in [-0.4, -0.2) is 5.78 Å². The summed E-state index contributed by atoms with van der Waals surface area (Å²) in [5.74, 6) is 2.13. The van der Waals surface area contributed by atoms with Crippen LogP contribution in [0.2, 0.25) is 0 Å². The van der Waals surface area contributed by atoms with Gasteiger partial charge in [0.05, 0.1) is 0 Å². The van der Waals surface area contributed by atoms with Gasteiger partial charge in [-0.05, 0) is 24.7 Å². The van der Waals surface area contributed by atoms with Crippen LogP contribution in [0.25, 0.3) is 0 Å². The summed E-state index contributed by atoms with van der Waals surface area (Å²) in [6.07, 6.45) is 8.22. The molecular formula is C12H22O. The van der Waals surface area contributed by atoms with Crippen LogP contribution in [0.15, 0.2) is 0 Å². The van der Waals surface area contributed by atoms with Gasteiger partial charge in [0.1, 0.15) is 5.78 Å². The quantitative estimate of drug-likeness (QED) is 0.649. The Morgan fingerprint density at radius 2 is 1.62 bits per heavy atom. The van der Waals surface area contributed by atoms with Gasteiger partial charge in [-0.1, -0.05) is 33.1 Å². The van der Waals surface area contributed by atoms with E-state index >= 15 is 0 Å². The van der Waals surface area contributed by atoms with Gasteiger partial charge >= 0.3 is 0 Å². The van der Waals surface area contributed by atoms with Crippen LogP contribution in [0.4, 0.5) is 0 Å². The Hall–Kier alpha value is -0.330. The van der Waals surface area contributed by atoms with Crippen LogP contribution in [0.3, 0.4) is 0 Å². The Morgan fingerprint density at radius 1 is 1.08 bits per heavy atom. The number of Topliss-reactive ketones (excluding diaryl/α,β-unsaturated/α-hetero) is 1. The van der Waals surface area contributed by atoms with Gasteiger partial charge in [0.25, 0.3) is 0 Å². The van der Waals surface area contributed by atoms with E-state index in [-0.39, 0.29) is 0 Å². The zero-order valence-corrected chi connectivity index (χ0v) is 9.01. The molecule has 0 aromatic heterocycles. The first-order valence-corrected chi connectivity index (χ1v) is 5.77. The summed E-state index contributed by atoms with van der Waals surface area (Å²) in [6, 6.07) is 0. The number of carbonyl (C=O) groups excluding carboxylic acids is 1. The maximum atomic E-state index is 11.2.